The summed E-state index contributed by atoms with van der Waals surface area (Å²) >= 11 is 0. The van der Waals surface area contributed by atoms with E-state index < -0.39 is 34.4 Å². The number of carbonyl (C=O) groups excluding carboxylic acids is 1. The molecule has 0 spiro atoms. The maximum absolute atomic E-state index is 14.2. The van der Waals surface area contributed by atoms with Crippen LogP contribution in [0.2, 0.25) is 0 Å². The number of halogens is 2. The van der Waals surface area contributed by atoms with Crippen LogP contribution >= 0.6 is 0 Å². The second-order valence-electron chi connectivity index (χ2n) is 6.39. The van der Waals surface area contributed by atoms with E-state index >= 15 is 0 Å². The summed E-state index contributed by atoms with van der Waals surface area (Å²) in [7, 11) is 0. The molecule has 2 aromatic carbocycles. The van der Waals surface area contributed by atoms with E-state index in [-0.39, 0.29) is 17.8 Å². The highest BCUT2D eigenvalue weighted by Crippen LogP contribution is 2.46. The SMILES string of the molecule is C[C@]12C[C@H](NC(=O)N1c1ccc(F)cc1F)c1cc([N+](=O)[O-])ccc1O2. The molecule has 1 N–H and O–H groups in total. The Morgan fingerprint density at radius 3 is 2.77 bits per heavy atom. The Labute approximate surface area is 146 Å². The number of urea groups is 1. The Kier molecular flexibility index (Phi) is 3.36. The standard InChI is InChI=1S/C17H13F2N3O4/c1-17-8-13(11-7-10(22(24)25)3-5-15(11)26-17)20-16(23)21(17)14-4-2-9(18)6-12(14)19/h2-7,13H,8H2,1H3,(H,20,23)/t13-,17-/m0/s1. The van der Waals surface area contributed by atoms with Gasteiger partial charge in [0.25, 0.3) is 5.69 Å². The minimum Gasteiger partial charge on any atom is -0.467 e. The molecule has 0 saturated carbocycles. The molecule has 2 heterocycles. The molecule has 134 valence electrons. The van der Waals surface area contributed by atoms with Gasteiger partial charge in [0.2, 0.25) is 0 Å². The molecular weight excluding hydrogens is 348 g/mol. The topological polar surface area (TPSA) is 84.7 Å². The number of anilines is 1. The molecule has 0 radical (unpaired) electrons. The summed E-state index contributed by atoms with van der Waals surface area (Å²) < 4.78 is 33.4. The van der Waals surface area contributed by atoms with Crippen molar-refractivity contribution in [3.05, 3.63) is 63.7 Å². The first-order chi connectivity index (χ1) is 12.3. The van der Waals surface area contributed by atoms with Crippen LogP contribution in [0.3, 0.4) is 0 Å². The summed E-state index contributed by atoms with van der Waals surface area (Å²) in [6.45, 7) is 1.62. The lowest BCUT2D eigenvalue weighted by Crippen LogP contribution is -2.65. The van der Waals surface area contributed by atoms with Crippen molar-refractivity contribution in [2.24, 2.45) is 0 Å². The second kappa shape index (κ2) is 5.38. The van der Waals surface area contributed by atoms with Crippen LogP contribution in [0, 0.1) is 21.7 Å². The van der Waals surface area contributed by atoms with E-state index in [4.69, 9.17) is 4.74 Å². The van der Waals surface area contributed by atoms with E-state index in [1.54, 1.807) is 6.92 Å². The number of nitro benzene ring substituents is 1. The fraction of sp³-hybridized carbons (Fsp3) is 0.235. The number of amides is 2. The molecule has 2 atom stereocenters. The molecule has 1 fully saturated rings. The number of benzene rings is 2. The minimum atomic E-state index is -1.23. The number of carbonyl (C=O) groups is 1. The Morgan fingerprint density at radius 1 is 1.31 bits per heavy atom. The van der Waals surface area contributed by atoms with Crippen molar-refractivity contribution in [2.45, 2.75) is 25.1 Å². The summed E-state index contributed by atoms with van der Waals surface area (Å²) in [5, 5.41) is 13.7. The largest absolute Gasteiger partial charge is 0.467 e. The summed E-state index contributed by atoms with van der Waals surface area (Å²) in [6.07, 6.45) is 0.240. The Hall–Kier alpha value is -3.23. The molecule has 2 amide bonds. The number of rotatable bonds is 2. The molecule has 4 rings (SSSR count). The number of nitrogens with one attached hydrogen (secondary N) is 1. The number of fused-ring (bicyclic) bond motifs is 4. The van der Waals surface area contributed by atoms with Gasteiger partial charge >= 0.3 is 6.03 Å². The van der Waals surface area contributed by atoms with Crippen molar-refractivity contribution in [2.75, 3.05) is 4.90 Å². The van der Waals surface area contributed by atoms with Crippen LogP contribution in [-0.4, -0.2) is 16.7 Å². The number of hydrogen-bond donors (Lipinski definition) is 1. The monoisotopic (exact) mass is 361 g/mol. The van der Waals surface area contributed by atoms with Gasteiger partial charge in [-0.3, -0.25) is 15.0 Å². The molecular formula is C17H13F2N3O4. The second-order valence-corrected chi connectivity index (χ2v) is 6.39. The van der Waals surface area contributed by atoms with Gasteiger partial charge in [0.15, 0.2) is 5.72 Å². The van der Waals surface area contributed by atoms with Gasteiger partial charge in [-0.2, -0.15) is 0 Å². The predicted octanol–water partition coefficient (Wildman–Crippen LogP) is 3.64. The highest BCUT2D eigenvalue weighted by molar-refractivity contribution is 5.95. The van der Waals surface area contributed by atoms with Gasteiger partial charge in [-0.1, -0.05) is 0 Å². The van der Waals surface area contributed by atoms with Crippen molar-refractivity contribution >= 4 is 17.4 Å². The zero-order valence-corrected chi connectivity index (χ0v) is 13.5. The molecule has 0 unspecified atom stereocenters. The van der Waals surface area contributed by atoms with Crippen molar-refractivity contribution < 1.29 is 23.2 Å². The number of hydrogen-bond acceptors (Lipinski definition) is 4. The van der Waals surface area contributed by atoms with E-state index in [0.717, 1.165) is 11.0 Å². The maximum Gasteiger partial charge on any atom is 0.325 e. The number of non-ortho nitro benzene ring substituents is 1. The maximum atomic E-state index is 14.2. The van der Waals surface area contributed by atoms with E-state index in [0.29, 0.717) is 17.4 Å². The van der Waals surface area contributed by atoms with Gasteiger partial charge in [0.05, 0.1) is 16.7 Å². The number of nitrogens with zero attached hydrogens (tertiary/aromatic N) is 2. The molecule has 26 heavy (non-hydrogen) atoms. The van der Waals surface area contributed by atoms with Gasteiger partial charge < -0.3 is 10.1 Å². The van der Waals surface area contributed by atoms with Crippen LogP contribution < -0.4 is 15.0 Å². The molecule has 2 aliphatic heterocycles. The first-order valence-corrected chi connectivity index (χ1v) is 7.82. The average molecular weight is 361 g/mol. The first kappa shape index (κ1) is 16.2. The summed E-state index contributed by atoms with van der Waals surface area (Å²) in [5.41, 5.74) is -0.967. The van der Waals surface area contributed by atoms with Crippen LogP contribution in [-0.2, 0) is 0 Å². The van der Waals surface area contributed by atoms with E-state index in [2.05, 4.69) is 5.32 Å². The van der Waals surface area contributed by atoms with Crippen LogP contribution in [0.4, 0.5) is 25.0 Å². The molecule has 9 heteroatoms. The lowest BCUT2D eigenvalue weighted by Gasteiger charge is -2.50. The highest BCUT2D eigenvalue weighted by atomic mass is 19.1. The molecule has 1 saturated heterocycles. The Morgan fingerprint density at radius 2 is 2.08 bits per heavy atom. The molecule has 0 aliphatic carbocycles. The normalized spacial score (nSPS) is 23.7. The van der Waals surface area contributed by atoms with Crippen molar-refractivity contribution in [3.8, 4) is 5.75 Å². The van der Waals surface area contributed by atoms with Gasteiger partial charge in [0.1, 0.15) is 17.4 Å². The third kappa shape index (κ3) is 2.35. The van der Waals surface area contributed by atoms with Gasteiger partial charge in [-0.25, -0.2) is 13.6 Å². The smallest absolute Gasteiger partial charge is 0.325 e. The number of nitro groups is 1. The average Bonchev–Trinajstić information content (AvgIpc) is 2.55. The van der Waals surface area contributed by atoms with Gasteiger partial charge in [-0.15, -0.1) is 0 Å². The van der Waals surface area contributed by atoms with Crippen LogP contribution in [0.15, 0.2) is 36.4 Å². The van der Waals surface area contributed by atoms with Crippen LogP contribution in [0.5, 0.6) is 5.75 Å². The van der Waals surface area contributed by atoms with Crippen molar-refractivity contribution in [3.63, 3.8) is 0 Å². The summed E-state index contributed by atoms with van der Waals surface area (Å²) in [5.74, 6) is -1.28. The van der Waals surface area contributed by atoms with Crippen molar-refractivity contribution in [1.82, 2.24) is 5.32 Å². The van der Waals surface area contributed by atoms with E-state index in [1.807, 2.05) is 0 Å². The van der Waals surface area contributed by atoms with Crippen molar-refractivity contribution in [1.29, 1.82) is 0 Å². The van der Waals surface area contributed by atoms with Gasteiger partial charge in [0, 0.05) is 30.2 Å². The zero-order valence-electron chi connectivity index (χ0n) is 13.5. The molecule has 0 aromatic heterocycles. The fourth-order valence-electron chi connectivity index (χ4n) is 3.50. The van der Waals surface area contributed by atoms with Gasteiger partial charge in [-0.05, 0) is 25.1 Å². The summed E-state index contributed by atoms with van der Waals surface area (Å²) in [4.78, 5) is 24.2. The lowest BCUT2D eigenvalue weighted by atomic mass is 9.90. The lowest BCUT2D eigenvalue weighted by molar-refractivity contribution is -0.385. The van der Waals surface area contributed by atoms with E-state index in [9.17, 15) is 23.7 Å². The molecule has 2 aliphatic rings. The summed E-state index contributed by atoms with van der Waals surface area (Å²) in [6, 6.07) is 5.88. The molecule has 2 aromatic rings. The third-order valence-electron chi connectivity index (χ3n) is 4.62. The third-order valence-corrected chi connectivity index (χ3v) is 4.62. The Balaban J connectivity index is 1.79. The molecule has 7 nitrogen and oxygen atoms in total. The van der Waals surface area contributed by atoms with Crippen LogP contribution in [0.1, 0.15) is 24.9 Å². The zero-order chi connectivity index (χ0) is 18.6. The first-order valence-electron chi connectivity index (χ1n) is 7.82. The van der Waals surface area contributed by atoms with E-state index in [1.165, 1.54) is 24.3 Å². The quantitative estimate of drug-likeness (QED) is 0.654. The fourth-order valence-corrected chi connectivity index (χ4v) is 3.50. The van der Waals surface area contributed by atoms with Crippen LogP contribution in [0.25, 0.3) is 0 Å². The Bertz CT molecular complexity index is 952. The molecule has 2 bridgehead atoms. The minimum absolute atomic E-state index is 0.114. The number of ether oxygens (including phenoxy) is 1. The highest BCUT2D eigenvalue weighted by Gasteiger charge is 2.50. The predicted molar refractivity (Wildman–Crippen MR) is 86.9 cm³/mol.